The van der Waals surface area contributed by atoms with Crippen molar-refractivity contribution in [2.45, 2.75) is 52.2 Å². The zero-order valence-electron chi connectivity index (χ0n) is 19.8. The molecule has 2 atom stereocenters. The highest BCUT2D eigenvalue weighted by Crippen LogP contribution is 2.25. The van der Waals surface area contributed by atoms with Crippen molar-refractivity contribution in [2.75, 3.05) is 17.1 Å². The van der Waals surface area contributed by atoms with E-state index < -0.39 is 28.5 Å². The number of sulfonamides is 1. The van der Waals surface area contributed by atoms with Crippen LogP contribution in [0.2, 0.25) is 10.0 Å². The number of para-hydroxylation sites is 1. The van der Waals surface area contributed by atoms with Gasteiger partial charge >= 0.3 is 0 Å². The predicted octanol–water partition coefficient (Wildman–Crippen LogP) is 4.48. The fraction of sp³-hybridized carbons (Fsp3) is 0.417. The number of nitrogens with one attached hydrogen (secondary N) is 1. The highest BCUT2D eigenvalue weighted by Gasteiger charge is 2.32. The van der Waals surface area contributed by atoms with Crippen molar-refractivity contribution in [1.29, 1.82) is 0 Å². The van der Waals surface area contributed by atoms with E-state index in [-0.39, 0.29) is 18.5 Å². The molecule has 0 saturated carbocycles. The standard InChI is InChI=1S/C24H31Cl2N3O4S/c1-5-17(3)27-24(31)22(6-2)28(15-18-12-13-19(25)14-21(18)26)23(30)16-29(34(4,32)33)20-10-8-7-9-11-20/h7-14,17,22H,5-6,15-16H2,1-4H3,(H,27,31)/t17-,22+/m1/s1. The summed E-state index contributed by atoms with van der Waals surface area (Å²) in [6.45, 7) is 5.20. The molecule has 0 aromatic heterocycles. The van der Waals surface area contributed by atoms with Gasteiger partial charge < -0.3 is 10.2 Å². The molecule has 0 bridgehead atoms. The normalized spacial score (nSPS) is 13.1. The molecule has 0 fully saturated rings. The van der Waals surface area contributed by atoms with Crippen LogP contribution in [-0.4, -0.2) is 50.0 Å². The first-order chi connectivity index (χ1) is 16.0. The number of anilines is 1. The van der Waals surface area contributed by atoms with E-state index in [1.807, 2.05) is 13.8 Å². The van der Waals surface area contributed by atoms with Crippen LogP contribution in [0, 0.1) is 0 Å². The highest BCUT2D eigenvalue weighted by molar-refractivity contribution is 7.92. The zero-order chi connectivity index (χ0) is 25.5. The zero-order valence-corrected chi connectivity index (χ0v) is 22.1. The molecule has 186 valence electrons. The Balaban J connectivity index is 2.45. The molecule has 0 aliphatic heterocycles. The third kappa shape index (κ3) is 7.61. The van der Waals surface area contributed by atoms with Crippen molar-refractivity contribution >= 4 is 50.7 Å². The lowest BCUT2D eigenvalue weighted by Gasteiger charge is -2.33. The molecule has 7 nitrogen and oxygen atoms in total. The van der Waals surface area contributed by atoms with Crippen LogP contribution in [-0.2, 0) is 26.2 Å². The molecule has 0 aliphatic carbocycles. The van der Waals surface area contributed by atoms with Crippen LogP contribution in [0.3, 0.4) is 0 Å². The summed E-state index contributed by atoms with van der Waals surface area (Å²) in [5.74, 6) is -0.827. The molecular formula is C24H31Cl2N3O4S. The van der Waals surface area contributed by atoms with Crippen LogP contribution in [0.25, 0.3) is 0 Å². The summed E-state index contributed by atoms with van der Waals surface area (Å²) in [7, 11) is -3.77. The van der Waals surface area contributed by atoms with E-state index in [4.69, 9.17) is 23.2 Å². The molecule has 0 aliphatic rings. The monoisotopic (exact) mass is 527 g/mol. The van der Waals surface area contributed by atoms with Gasteiger partial charge in [0.2, 0.25) is 21.8 Å². The predicted molar refractivity (Wildman–Crippen MR) is 138 cm³/mol. The Morgan fingerprint density at radius 2 is 1.68 bits per heavy atom. The number of nitrogens with zero attached hydrogens (tertiary/aromatic N) is 2. The molecule has 0 saturated heterocycles. The van der Waals surface area contributed by atoms with Gasteiger partial charge in [0.15, 0.2) is 0 Å². The fourth-order valence-corrected chi connectivity index (χ4v) is 4.72. The molecule has 2 amide bonds. The quantitative estimate of drug-likeness (QED) is 0.466. The molecule has 1 N–H and O–H groups in total. The lowest BCUT2D eigenvalue weighted by Crippen LogP contribution is -2.53. The Morgan fingerprint density at radius 3 is 2.21 bits per heavy atom. The van der Waals surface area contributed by atoms with Gasteiger partial charge in [0.25, 0.3) is 0 Å². The Hall–Kier alpha value is -2.29. The maximum Gasteiger partial charge on any atom is 0.244 e. The van der Waals surface area contributed by atoms with Crippen LogP contribution in [0.15, 0.2) is 48.5 Å². The van der Waals surface area contributed by atoms with Crippen LogP contribution in [0.5, 0.6) is 0 Å². The van der Waals surface area contributed by atoms with E-state index in [9.17, 15) is 18.0 Å². The Kier molecular flexibility index (Phi) is 10.2. The van der Waals surface area contributed by atoms with Gasteiger partial charge in [-0.15, -0.1) is 0 Å². The highest BCUT2D eigenvalue weighted by atomic mass is 35.5. The second kappa shape index (κ2) is 12.4. The number of carbonyl (C=O) groups excluding carboxylic acids is 2. The molecule has 0 unspecified atom stereocenters. The van der Waals surface area contributed by atoms with Crippen LogP contribution < -0.4 is 9.62 Å². The Bertz CT molecular complexity index is 1100. The molecule has 2 aromatic rings. The van der Waals surface area contributed by atoms with E-state index in [0.29, 0.717) is 27.7 Å². The summed E-state index contributed by atoms with van der Waals surface area (Å²) in [5.41, 5.74) is 0.958. The summed E-state index contributed by atoms with van der Waals surface area (Å²) in [6, 6.07) is 12.4. The summed E-state index contributed by atoms with van der Waals surface area (Å²) < 4.78 is 26.1. The summed E-state index contributed by atoms with van der Waals surface area (Å²) in [4.78, 5) is 28.1. The maximum atomic E-state index is 13.6. The van der Waals surface area contributed by atoms with Crippen molar-refractivity contribution in [1.82, 2.24) is 10.2 Å². The molecule has 34 heavy (non-hydrogen) atoms. The number of benzene rings is 2. The van der Waals surface area contributed by atoms with Crippen molar-refractivity contribution < 1.29 is 18.0 Å². The molecule has 0 radical (unpaired) electrons. The van der Waals surface area contributed by atoms with E-state index in [0.717, 1.165) is 17.0 Å². The lowest BCUT2D eigenvalue weighted by atomic mass is 10.1. The fourth-order valence-electron chi connectivity index (χ4n) is 3.40. The van der Waals surface area contributed by atoms with Crippen LogP contribution >= 0.6 is 23.2 Å². The number of carbonyl (C=O) groups is 2. The smallest absolute Gasteiger partial charge is 0.244 e. The molecular weight excluding hydrogens is 497 g/mol. The van der Waals surface area contributed by atoms with E-state index in [2.05, 4.69) is 5.32 Å². The van der Waals surface area contributed by atoms with Crippen molar-refractivity contribution in [3.63, 3.8) is 0 Å². The number of rotatable bonds is 11. The first-order valence-electron chi connectivity index (χ1n) is 11.0. The SMILES string of the molecule is CC[C@@H](C)NC(=O)[C@H](CC)N(Cc1ccc(Cl)cc1Cl)C(=O)CN(c1ccccc1)S(C)(=O)=O. The van der Waals surface area contributed by atoms with Crippen molar-refractivity contribution in [2.24, 2.45) is 0 Å². The second-order valence-corrected chi connectivity index (χ2v) is 10.9. The summed E-state index contributed by atoms with van der Waals surface area (Å²) in [6.07, 6.45) is 2.11. The van der Waals surface area contributed by atoms with E-state index in [1.54, 1.807) is 55.5 Å². The van der Waals surface area contributed by atoms with Gasteiger partial charge in [-0.05, 0) is 49.6 Å². The number of amides is 2. The number of halogens is 2. The van der Waals surface area contributed by atoms with Gasteiger partial charge in [-0.1, -0.05) is 61.3 Å². The minimum absolute atomic E-state index is 0.0215. The van der Waals surface area contributed by atoms with Gasteiger partial charge in [-0.25, -0.2) is 8.42 Å². The number of hydrogen-bond acceptors (Lipinski definition) is 4. The Labute approximate surface area is 212 Å². The summed E-state index contributed by atoms with van der Waals surface area (Å²) >= 11 is 12.4. The molecule has 0 spiro atoms. The largest absolute Gasteiger partial charge is 0.352 e. The third-order valence-corrected chi connectivity index (χ3v) is 7.19. The third-order valence-electron chi connectivity index (χ3n) is 5.47. The molecule has 0 heterocycles. The summed E-state index contributed by atoms with van der Waals surface area (Å²) in [5, 5.41) is 3.72. The van der Waals surface area contributed by atoms with Crippen LogP contribution in [0.4, 0.5) is 5.69 Å². The average molecular weight is 529 g/mol. The number of hydrogen-bond donors (Lipinski definition) is 1. The van der Waals surface area contributed by atoms with Crippen molar-refractivity contribution in [3.8, 4) is 0 Å². The van der Waals surface area contributed by atoms with E-state index in [1.165, 1.54) is 4.90 Å². The van der Waals surface area contributed by atoms with Gasteiger partial charge in [-0.2, -0.15) is 0 Å². The lowest BCUT2D eigenvalue weighted by molar-refractivity contribution is -0.140. The van der Waals surface area contributed by atoms with Gasteiger partial charge in [0, 0.05) is 22.6 Å². The average Bonchev–Trinajstić information content (AvgIpc) is 2.78. The maximum absolute atomic E-state index is 13.6. The van der Waals surface area contributed by atoms with E-state index >= 15 is 0 Å². The minimum atomic E-state index is -3.77. The van der Waals surface area contributed by atoms with Crippen molar-refractivity contribution in [3.05, 3.63) is 64.1 Å². The molecule has 2 rings (SSSR count). The first-order valence-corrected chi connectivity index (χ1v) is 13.6. The molecule has 10 heteroatoms. The minimum Gasteiger partial charge on any atom is -0.352 e. The van der Waals surface area contributed by atoms with Gasteiger partial charge in [-0.3, -0.25) is 13.9 Å². The first kappa shape index (κ1) is 28.0. The van der Waals surface area contributed by atoms with Gasteiger partial charge in [0.05, 0.1) is 11.9 Å². The second-order valence-electron chi connectivity index (χ2n) is 8.10. The van der Waals surface area contributed by atoms with Gasteiger partial charge in [0.1, 0.15) is 12.6 Å². The van der Waals surface area contributed by atoms with Crippen LogP contribution in [0.1, 0.15) is 39.2 Å². The molecule has 2 aromatic carbocycles. The topological polar surface area (TPSA) is 86.8 Å². The Morgan fingerprint density at radius 1 is 1.03 bits per heavy atom.